The van der Waals surface area contributed by atoms with Crippen molar-refractivity contribution in [2.24, 2.45) is 0 Å². The second kappa shape index (κ2) is 9.04. The highest BCUT2D eigenvalue weighted by atomic mass is 16.5. The SMILES string of the molecule is C=CCc1cc(/C=C2\C(=O)NC(=O)N(c3ccncc3)C2=O)cc(OCC)c1OC. The zero-order chi connectivity index (χ0) is 21.7. The number of methoxy groups -OCH3 is 1. The Balaban J connectivity index is 2.08. The maximum absolute atomic E-state index is 13.0. The molecule has 1 fully saturated rings. The Bertz CT molecular complexity index is 1030. The van der Waals surface area contributed by atoms with Crippen molar-refractivity contribution >= 4 is 29.6 Å². The van der Waals surface area contributed by atoms with Gasteiger partial charge in [0.05, 0.1) is 19.4 Å². The largest absolute Gasteiger partial charge is 0.493 e. The summed E-state index contributed by atoms with van der Waals surface area (Å²) in [4.78, 5) is 42.4. The molecule has 0 unspecified atom stereocenters. The molecule has 3 rings (SSSR count). The lowest BCUT2D eigenvalue weighted by molar-refractivity contribution is -0.122. The lowest BCUT2D eigenvalue weighted by Gasteiger charge is -2.26. The number of amides is 4. The zero-order valence-electron chi connectivity index (χ0n) is 16.7. The molecule has 8 nitrogen and oxygen atoms in total. The number of carbonyl (C=O) groups is 3. The van der Waals surface area contributed by atoms with E-state index in [2.05, 4.69) is 16.9 Å². The van der Waals surface area contributed by atoms with Crippen LogP contribution < -0.4 is 19.7 Å². The van der Waals surface area contributed by atoms with E-state index in [0.29, 0.717) is 35.8 Å². The predicted molar refractivity (Wildman–Crippen MR) is 111 cm³/mol. The highest BCUT2D eigenvalue weighted by molar-refractivity contribution is 6.39. The Morgan fingerprint density at radius 1 is 1.20 bits per heavy atom. The summed E-state index contributed by atoms with van der Waals surface area (Å²) in [6, 6.07) is 5.66. The van der Waals surface area contributed by atoms with Gasteiger partial charge in [-0.1, -0.05) is 6.08 Å². The first-order valence-electron chi connectivity index (χ1n) is 9.26. The van der Waals surface area contributed by atoms with Crippen LogP contribution in [0.25, 0.3) is 6.08 Å². The standard InChI is InChI=1S/C22H21N3O5/c1-4-6-15-11-14(13-18(30-5-2)19(15)29-3)12-17-20(26)24-22(28)25(21(17)27)16-7-9-23-10-8-16/h4,7-13H,1,5-6H2,2-3H3,(H,24,26,28)/b17-12+. The molecule has 0 aliphatic carbocycles. The first-order valence-corrected chi connectivity index (χ1v) is 9.26. The number of benzene rings is 1. The topological polar surface area (TPSA) is 97.8 Å². The van der Waals surface area contributed by atoms with Gasteiger partial charge in [0.25, 0.3) is 11.8 Å². The van der Waals surface area contributed by atoms with Crippen LogP contribution in [0.5, 0.6) is 11.5 Å². The number of pyridine rings is 1. The number of urea groups is 1. The summed E-state index contributed by atoms with van der Waals surface area (Å²) in [5.41, 5.74) is 1.47. The monoisotopic (exact) mass is 407 g/mol. The third-order valence-corrected chi connectivity index (χ3v) is 4.36. The number of aromatic nitrogens is 1. The van der Waals surface area contributed by atoms with Crippen LogP contribution in [0.2, 0.25) is 0 Å². The Morgan fingerprint density at radius 2 is 1.93 bits per heavy atom. The molecular weight excluding hydrogens is 386 g/mol. The quantitative estimate of drug-likeness (QED) is 0.431. The second-order valence-corrected chi connectivity index (χ2v) is 6.30. The molecule has 1 saturated heterocycles. The molecule has 0 saturated carbocycles. The number of ether oxygens (including phenoxy) is 2. The Morgan fingerprint density at radius 3 is 2.57 bits per heavy atom. The van der Waals surface area contributed by atoms with Gasteiger partial charge in [-0.05, 0) is 49.2 Å². The predicted octanol–water partition coefficient (Wildman–Crippen LogP) is 2.88. The molecule has 1 aromatic heterocycles. The Labute approximate surface area is 173 Å². The molecule has 2 heterocycles. The van der Waals surface area contributed by atoms with Crippen LogP contribution in [0.3, 0.4) is 0 Å². The fourth-order valence-corrected chi connectivity index (χ4v) is 3.12. The van der Waals surface area contributed by atoms with E-state index in [9.17, 15) is 14.4 Å². The first kappa shape index (κ1) is 20.8. The van der Waals surface area contributed by atoms with Gasteiger partial charge in [-0.25, -0.2) is 9.69 Å². The lowest BCUT2D eigenvalue weighted by Crippen LogP contribution is -2.54. The summed E-state index contributed by atoms with van der Waals surface area (Å²) in [5, 5.41) is 2.20. The first-order chi connectivity index (χ1) is 14.5. The van der Waals surface area contributed by atoms with Gasteiger partial charge >= 0.3 is 6.03 Å². The molecule has 1 N–H and O–H groups in total. The minimum atomic E-state index is -0.814. The average Bonchev–Trinajstić information content (AvgIpc) is 2.72. The summed E-state index contributed by atoms with van der Waals surface area (Å²) < 4.78 is 11.1. The summed E-state index contributed by atoms with van der Waals surface area (Å²) in [5.74, 6) is -0.452. The number of hydrogen-bond donors (Lipinski definition) is 1. The number of carbonyl (C=O) groups excluding carboxylic acids is 3. The molecule has 1 aromatic carbocycles. The highest BCUT2D eigenvalue weighted by Crippen LogP contribution is 2.34. The molecule has 4 amide bonds. The van der Waals surface area contributed by atoms with Gasteiger partial charge in [0.2, 0.25) is 0 Å². The van der Waals surface area contributed by atoms with E-state index in [1.54, 1.807) is 25.3 Å². The smallest absolute Gasteiger partial charge is 0.335 e. The number of barbiturate groups is 1. The van der Waals surface area contributed by atoms with Crippen LogP contribution in [0, 0.1) is 0 Å². The highest BCUT2D eigenvalue weighted by Gasteiger charge is 2.36. The summed E-state index contributed by atoms with van der Waals surface area (Å²) in [7, 11) is 1.54. The van der Waals surface area contributed by atoms with Gasteiger partial charge in [0, 0.05) is 18.0 Å². The van der Waals surface area contributed by atoms with Crippen molar-refractivity contribution in [3.8, 4) is 11.5 Å². The van der Waals surface area contributed by atoms with Crippen molar-refractivity contribution in [3.63, 3.8) is 0 Å². The number of anilines is 1. The normalized spacial score (nSPS) is 15.2. The summed E-state index contributed by atoms with van der Waals surface area (Å²) in [6.45, 7) is 6.00. The minimum absolute atomic E-state index is 0.177. The molecule has 8 heteroatoms. The molecule has 0 atom stereocenters. The van der Waals surface area contributed by atoms with Crippen LogP contribution in [0.4, 0.5) is 10.5 Å². The van der Waals surface area contributed by atoms with Crippen LogP contribution in [-0.4, -0.2) is 36.5 Å². The maximum Gasteiger partial charge on any atom is 0.335 e. The van der Waals surface area contributed by atoms with Gasteiger partial charge < -0.3 is 9.47 Å². The van der Waals surface area contributed by atoms with Gasteiger partial charge in [-0.2, -0.15) is 0 Å². The number of nitrogens with one attached hydrogen (secondary N) is 1. The van der Waals surface area contributed by atoms with Crippen LogP contribution in [-0.2, 0) is 16.0 Å². The van der Waals surface area contributed by atoms with Crippen molar-refractivity contribution in [2.45, 2.75) is 13.3 Å². The molecule has 0 spiro atoms. The van der Waals surface area contributed by atoms with Crippen LogP contribution in [0.15, 0.2) is 54.9 Å². The molecular formula is C22H21N3O5. The molecule has 2 aromatic rings. The molecule has 1 aliphatic heterocycles. The van der Waals surface area contributed by atoms with Crippen molar-refractivity contribution in [1.29, 1.82) is 0 Å². The number of rotatable bonds is 7. The number of allylic oxidation sites excluding steroid dienone is 1. The zero-order valence-corrected chi connectivity index (χ0v) is 16.7. The van der Waals surface area contributed by atoms with Crippen molar-refractivity contribution in [3.05, 3.63) is 66.0 Å². The number of hydrogen-bond acceptors (Lipinski definition) is 6. The van der Waals surface area contributed by atoms with Crippen LogP contribution in [0.1, 0.15) is 18.1 Å². The lowest BCUT2D eigenvalue weighted by atomic mass is 10.0. The molecule has 30 heavy (non-hydrogen) atoms. The van der Waals surface area contributed by atoms with E-state index in [1.165, 1.54) is 30.6 Å². The molecule has 154 valence electrons. The van der Waals surface area contributed by atoms with Crippen LogP contribution >= 0.6 is 0 Å². The third-order valence-electron chi connectivity index (χ3n) is 4.36. The molecule has 0 radical (unpaired) electrons. The van der Waals surface area contributed by atoms with E-state index < -0.39 is 17.8 Å². The minimum Gasteiger partial charge on any atom is -0.493 e. The average molecular weight is 407 g/mol. The van der Waals surface area contributed by atoms with E-state index in [4.69, 9.17) is 9.47 Å². The molecule has 1 aliphatic rings. The summed E-state index contributed by atoms with van der Waals surface area (Å²) >= 11 is 0. The number of imide groups is 2. The van der Waals surface area contributed by atoms with Crippen molar-refractivity contribution in [1.82, 2.24) is 10.3 Å². The third kappa shape index (κ3) is 4.07. The maximum atomic E-state index is 13.0. The second-order valence-electron chi connectivity index (χ2n) is 6.30. The number of nitrogens with zero attached hydrogens (tertiary/aromatic N) is 2. The fourth-order valence-electron chi connectivity index (χ4n) is 3.12. The van der Waals surface area contributed by atoms with Gasteiger partial charge in [-0.3, -0.25) is 19.9 Å². The van der Waals surface area contributed by atoms with E-state index in [0.717, 1.165) is 10.5 Å². The molecule has 0 bridgehead atoms. The van der Waals surface area contributed by atoms with Gasteiger partial charge in [0.15, 0.2) is 11.5 Å². The van der Waals surface area contributed by atoms with Gasteiger partial charge in [0.1, 0.15) is 5.57 Å². The fraction of sp³-hybridized carbons (Fsp3) is 0.182. The Kier molecular flexibility index (Phi) is 6.26. The van der Waals surface area contributed by atoms with Crippen molar-refractivity contribution in [2.75, 3.05) is 18.6 Å². The van der Waals surface area contributed by atoms with E-state index >= 15 is 0 Å². The Hall–Kier alpha value is -3.94. The van der Waals surface area contributed by atoms with Crippen molar-refractivity contribution < 1.29 is 23.9 Å². The van der Waals surface area contributed by atoms with E-state index in [-0.39, 0.29) is 5.57 Å². The van der Waals surface area contributed by atoms with E-state index in [1.807, 2.05) is 6.92 Å². The summed E-state index contributed by atoms with van der Waals surface area (Å²) in [6.07, 6.45) is 6.55. The van der Waals surface area contributed by atoms with Gasteiger partial charge in [-0.15, -0.1) is 6.58 Å².